The van der Waals surface area contributed by atoms with Crippen LogP contribution in [0.4, 0.5) is 0 Å². The zero-order valence-corrected chi connectivity index (χ0v) is 14.0. The molecule has 0 aliphatic rings. The van der Waals surface area contributed by atoms with Crippen LogP contribution in [0.2, 0.25) is 0 Å². The summed E-state index contributed by atoms with van der Waals surface area (Å²) < 4.78 is 23.1. The minimum absolute atomic E-state index is 0.000429. The zero-order chi connectivity index (χ0) is 15.7. The van der Waals surface area contributed by atoms with Gasteiger partial charge in [0, 0.05) is 29.8 Å². The molecule has 1 aromatic carbocycles. The first-order chi connectivity index (χ1) is 9.04. The molecule has 0 atom stereocenters. The molecule has 0 bridgehead atoms. The lowest BCUT2D eigenvalue weighted by atomic mass is 10.0. The van der Waals surface area contributed by atoms with Gasteiger partial charge in [-0.05, 0) is 43.0 Å². The third-order valence-corrected chi connectivity index (χ3v) is 4.56. The lowest BCUT2D eigenvalue weighted by Gasteiger charge is -2.20. The van der Waals surface area contributed by atoms with E-state index in [2.05, 4.69) is 0 Å². The van der Waals surface area contributed by atoms with Crippen LogP contribution in [0, 0.1) is 19.8 Å². The second-order valence-corrected chi connectivity index (χ2v) is 7.97. The average molecular weight is 318 g/mol. The minimum Gasteiger partial charge on any atom is -0.341 e. The standard InChI is InChI=1S/C14H20ClNO3S/c1-9(2)8-16(5)14(17)12-6-10(3)11(4)13(7-12)20(15,18)19/h6-7,9H,8H2,1-5H3. The molecule has 0 unspecified atom stereocenters. The smallest absolute Gasteiger partial charge is 0.261 e. The molecule has 0 heterocycles. The van der Waals surface area contributed by atoms with Gasteiger partial charge in [0.15, 0.2) is 0 Å². The van der Waals surface area contributed by atoms with Gasteiger partial charge in [0.05, 0.1) is 4.90 Å². The summed E-state index contributed by atoms with van der Waals surface area (Å²) in [6.07, 6.45) is 0. The van der Waals surface area contributed by atoms with E-state index in [0.29, 0.717) is 23.6 Å². The van der Waals surface area contributed by atoms with Crippen molar-refractivity contribution in [1.82, 2.24) is 4.90 Å². The van der Waals surface area contributed by atoms with Gasteiger partial charge in [-0.25, -0.2) is 8.42 Å². The van der Waals surface area contributed by atoms with Crippen LogP contribution < -0.4 is 0 Å². The maximum absolute atomic E-state index is 12.3. The largest absolute Gasteiger partial charge is 0.341 e. The van der Waals surface area contributed by atoms with E-state index in [-0.39, 0.29) is 10.8 Å². The maximum atomic E-state index is 12.3. The van der Waals surface area contributed by atoms with Crippen LogP contribution >= 0.6 is 10.7 Å². The Bertz CT molecular complexity index is 624. The van der Waals surface area contributed by atoms with Gasteiger partial charge in [-0.2, -0.15) is 0 Å². The van der Waals surface area contributed by atoms with Crippen molar-refractivity contribution in [2.24, 2.45) is 5.92 Å². The van der Waals surface area contributed by atoms with Crippen LogP contribution in [0.1, 0.15) is 35.3 Å². The highest BCUT2D eigenvalue weighted by molar-refractivity contribution is 8.13. The van der Waals surface area contributed by atoms with Gasteiger partial charge in [0.2, 0.25) is 0 Å². The third kappa shape index (κ3) is 3.96. The van der Waals surface area contributed by atoms with E-state index in [1.54, 1.807) is 31.9 Å². The van der Waals surface area contributed by atoms with Gasteiger partial charge < -0.3 is 4.90 Å². The molecule has 112 valence electrons. The van der Waals surface area contributed by atoms with Crippen molar-refractivity contribution in [2.75, 3.05) is 13.6 Å². The molecular formula is C14H20ClNO3S. The summed E-state index contributed by atoms with van der Waals surface area (Å²) in [5, 5.41) is 0. The van der Waals surface area contributed by atoms with Crippen LogP contribution in [-0.2, 0) is 9.05 Å². The van der Waals surface area contributed by atoms with Crippen LogP contribution in [-0.4, -0.2) is 32.8 Å². The number of hydrogen-bond acceptors (Lipinski definition) is 3. The second-order valence-electron chi connectivity index (χ2n) is 5.43. The number of amides is 1. The molecule has 0 fully saturated rings. The van der Waals surface area contributed by atoms with E-state index in [9.17, 15) is 13.2 Å². The number of rotatable bonds is 4. The van der Waals surface area contributed by atoms with E-state index >= 15 is 0 Å². The molecule has 1 rings (SSSR count). The number of carbonyl (C=O) groups excluding carboxylic acids is 1. The Hall–Kier alpha value is -1.07. The Labute approximate surface area is 125 Å². The molecule has 0 spiro atoms. The Kier molecular flexibility index (Phi) is 5.21. The first-order valence-electron chi connectivity index (χ1n) is 6.35. The fourth-order valence-corrected chi connectivity index (χ4v) is 3.33. The van der Waals surface area contributed by atoms with Crippen molar-refractivity contribution in [3.8, 4) is 0 Å². The number of halogens is 1. The molecule has 0 saturated heterocycles. The lowest BCUT2D eigenvalue weighted by Crippen LogP contribution is -2.30. The number of aryl methyl sites for hydroxylation is 1. The summed E-state index contributed by atoms with van der Waals surface area (Å²) in [6.45, 7) is 8.07. The average Bonchev–Trinajstić information content (AvgIpc) is 2.29. The molecule has 0 saturated carbocycles. The Morgan fingerprint density at radius 3 is 2.30 bits per heavy atom. The van der Waals surface area contributed by atoms with E-state index in [1.807, 2.05) is 13.8 Å². The summed E-state index contributed by atoms with van der Waals surface area (Å²) in [4.78, 5) is 13.9. The van der Waals surface area contributed by atoms with Gasteiger partial charge in [0.25, 0.3) is 15.0 Å². The highest BCUT2D eigenvalue weighted by Crippen LogP contribution is 2.24. The Morgan fingerprint density at radius 1 is 1.30 bits per heavy atom. The van der Waals surface area contributed by atoms with E-state index in [4.69, 9.17) is 10.7 Å². The predicted molar refractivity (Wildman–Crippen MR) is 80.8 cm³/mol. The lowest BCUT2D eigenvalue weighted by molar-refractivity contribution is 0.0779. The van der Waals surface area contributed by atoms with Crippen LogP contribution in [0.5, 0.6) is 0 Å². The maximum Gasteiger partial charge on any atom is 0.261 e. The van der Waals surface area contributed by atoms with Crippen molar-refractivity contribution < 1.29 is 13.2 Å². The van der Waals surface area contributed by atoms with Gasteiger partial charge in [-0.15, -0.1) is 0 Å². The van der Waals surface area contributed by atoms with Crippen molar-refractivity contribution in [2.45, 2.75) is 32.6 Å². The molecule has 0 radical (unpaired) electrons. The summed E-state index contributed by atoms with van der Waals surface area (Å²) in [5.74, 6) is 0.134. The predicted octanol–water partition coefficient (Wildman–Crippen LogP) is 2.96. The van der Waals surface area contributed by atoms with Gasteiger partial charge in [0.1, 0.15) is 0 Å². The fourth-order valence-electron chi connectivity index (χ4n) is 2.05. The number of hydrogen-bond donors (Lipinski definition) is 0. The summed E-state index contributed by atoms with van der Waals surface area (Å²) in [5.41, 5.74) is 1.64. The molecule has 1 amide bonds. The highest BCUT2D eigenvalue weighted by atomic mass is 35.7. The molecular weight excluding hydrogens is 298 g/mol. The first-order valence-corrected chi connectivity index (χ1v) is 8.66. The van der Waals surface area contributed by atoms with Crippen molar-refractivity contribution in [3.63, 3.8) is 0 Å². The molecule has 1 aromatic rings. The summed E-state index contributed by atoms with van der Waals surface area (Å²) in [6, 6.07) is 3.05. The molecule has 0 aliphatic carbocycles. The molecule has 0 aliphatic heterocycles. The van der Waals surface area contributed by atoms with Crippen molar-refractivity contribution in [3.05, 3.63) is 28.8 Å². The molecule has 6 heteroatoms. The minimum atomic E-state index is -3.86. The van der Waals surface area contributed by atoms with Crippen molar-refractivity contribution in [1.29, 1.82) is 0 Å². The second kappa shape index (κ2) is 6.14. The normalized spacial score (nSPS) is 11.8. The Balaban J connectivity index is 3.28. The van der Waals surface area contributed by atoms with Gasteiger partial charge in [-0.1, -0.05) is 13.8 Å². The van der Waals surface area contributed by atoms with Crippen LogP contribution in [0.15, 0.2) is 17.0 Å². The van der Waals surface area contributed by atoms with Crippen molar-refractivity contribution >= 4 is 25.6 Å². The third-order valence-electron chi connectivity index (χ3n) is 3.12. The SMILES string of the molecule is Cc1cc(C(=O)N(C)CC(C)C)cc(S(=O)(=O)Cl)c1C. The number of carbonyl (C=O) groups is 1. The van der Waals surface area contributed by atoms with Crippen LogP contribution in [0.25, 0.3) is 0 Å². The van der Waals surface area contributed by atoms with Crippen LogP contribution in [0.3, 0.4) is 0 Å². The number of nitrogens with zero attached hydrogens (tertiary/aromatic N) is 1. The summed E-state index contributed by atoms with van der Waals surface area (Å²) in [7, 11) is 3.27. The van der Waals surface area contributed by atoms with Gasteiger partial charge >= 0.3 is 0 Å². The van der Waals surface area contributed by atoms with E-state index in [1.165, 1.54) is 6.07 Å². The number of benzene rings is 1. The van der Waals surface area contributed by atoms with E-state index < -0.39 is 9.05 Å². The van der Waals surface area contributed by atoms with Gasteiger partial charge in [-0.3, -0.25) is 4.79 Å². The first kappa shape index (κ1) is 17.0. The topological polar surface area (TPSA) is 54.5 Å². The molecule has 20 heavy (non-hydrogen) atoms. The summed E-state index contributed by atoms with van der Waals surface area (Å²) >= 11 is 0. The molecule has 0 aromatic heterocycles. The zero-order valence-electron chi connectivity index (χ0n) is 12.4. The molecule has 4 nitrogen and oxygen atoms in total. The monoisotopic (exact) mass is 317 g/mol. The fraction of sp³-hybridized carbons (Fsp3) is 0.500. The van der Waals surface area contributed by atoms with E-state index in [0.717, 1.165) is 5.56 Å². The highest BCUT2D eigenvalue weighted by Gasteiger charge is 2.20. The molecule has 0 N–H and O–H groups in total. The quantitative estimate of drug-likeness (QED) is 0.802. The Morgan fingerprint density at radius 2 is 1.85 bits per heavy atom.